The van der Waals surface area contributed by atoms with E-state index < -0.39 is 21.5 Å². The van der Waals surface area contributed by atoms with Crippen molar-refractivity contribution in [3.05, 3.63) is 28.8 Å². The summed E-state index contributed by atoms with van der Waals surface area (Å²) in [6, 6.07) is 3.90. The topological polar surface area (TPSA) is 93.7 Å². The molecule has 9 heteroatoms. The molecule has 0 saturated carbocycles. The molecule has 1 aromatic rings. The summed E-state index contributed by atoms with van der Waals surface area (Å²) in [6.07, 6.45) is 1.79. The van der Waals surface area contributed by atoms with Crippen molar-refractivity contribution in [2.24, 2.45) is 0 Å². The molecule has 2 N–H and O–H groups in total. The Labute approximate surface area is 146 Å². The van der Waals surface area contributed by atoms with Gasteiger partial charge in [-0.05, 0) is 37.6 Å². The summed E-state index contributed by atoms with van der Waals surface area (Å²) >= 11 is 5.99. The molecular formula is C15H21ClN2O5S. The normalized spacial score (nSPS) is 21.0. The maximum absolute atomic E-state index is 12.5. The van der Waals surface area contributed by atoms with Crippen LogP contribution in [0.1, 0.15) is 23.2 Å². The fraction of sp³-hybridized carbons (Fsp3) is 0.533. The van der Waals surface area contributed by atoms with E-state index in [1.54, 1.807) is 7.11 Å². The summed E-state index contributed by atoms with van der Waals surface area (Å²) < 4.78 is 37.3. The van der Waals surface area contributed by atoms with E-state index in [4.69, 9.17) is 16.3 Å². The summed E-state index contributed by atoms with van der Waals surface area (Å²) in [7, 11) is -0.942. The number of esters is 1. The Balaban J connectivity index is 2.15. The molecule has 1 saturated heterocycles. The third-order valence-electron chi connectivity index (χ3n) is 4.01. The first-order valence-electron chi connectivity index (χ1n) is 7.45. The van der Waals surface area contributed by atoms with E-state index >= 15 is 0 Å². The quantitative estimate of drug-likeness (QED) is 0.694. The highest BCUT2D eigenvalue weighted by atomic mass is 35.5. The molecule has 0 aromatic heterocycles. The van der Waals surface area contributed by atoms with Crippen LogP contribution in [0, 0.1) is 0 Å². The van der Waals surface area contributed by atoms with Gasteiger partial charge in [0.05, 0.1) is 34.7 Å². The van der Waals surface area contributed by atoms with E-state index in [2.05, 4.69) is 14.8 Å². The molecule has 1 aliphatic heterocycles. The standard InChI is InChI=1S/C15H21ClN2O5S/c1-22-10-15(6-3-7-17-15)9-18-24(20,21)11-4-5-12(13(16)8-11)14(19)23-2/h4-5,8,17-18H,3,6-7,9-10H2,1-2H3. The predicted molar refractivity (Wildman–Crippen MR) is 89.8 cm³/mol. The van der Waals surface area contributed by atoms with Crippen LogP contribution in [0.2, 0.25) is 5.02 Å². The van der Waals surface area contributed by atoms with Gasteiger partial charge in [0.2, 0.25) is 10.0 Å². The van der Waals surface area contributed by atoms with Crippen molar-refractivity contribution < 1.29 is 22.7 Å². The molecule has 1 atom stereocenters. The Bertz CT molecular complexity index is 702. The Hall–Kier alpha value is -1.19. The number of rotatable bonds is 7. The number of hydrogen-bond acceptors (Lipinski definition) is 6. The molecule has 1 aliphatic rings. The lowest BCUT2D eigenvalue weighted by atomic mass is 9.99. The van der Waals surface area contributed by atoms with Crippen molar-refractivity contribution in [3.8, 4) is 0 Å². The lowest BCUT2D eigenvalue weighted by Crippen LogP contribution is -2.52. The number of halogens is 1. The molecule has 0 amide bonds. The van der Waals surface area contributed by atoms with Gasteiger partial charge in [-0.2, -0.15) is 0 Å². The average molecular weight is 377 g/mol. The molecule has 134 valence electrons. The predicted octanol–water partition coefficient (Wildman–Crippen LogP) is 1.17. The molecule has 1 aromatic carbocycles. The highest BCUT2D eigenvalue weighted by Gasteiger charge is 2.34. The van der Waals surface area contributed by atoms with Crippen LogP contribution in [0.5, 0.6) is 0 Å². The molecule has 1 unspecified atom stereocenters. The van der Waals surface area contributed by atoms with Crippen molar-refractivity contribution in [1.82, 2.24) is 10.0 Å². The second kappa shape index (κ2) is 7.79. The van der Waals surface area contributed by atoms with Crippen LogP contribution >= 0.6 is 11.6 Å². The first-order valence-corrected chi connectivity index (χ1v) is 9.31. The molecule has 24 heavy (non-hydrogen) atoms. The summed E-state index contributed by atoms with van der Waals surface area (Å²) in [6.45, 7) is 1.45. The number of ether oxygens (including phenoxy) is 2. The number of sulfonamides is 1. The molecular weight excluding hydrogens is 356 g/mol. The minimum atomic E-state index is -3.76. The monoisotopic (exact) mass is 376 g/mol. The van der Waals surface area contributed by atoms with E-state index in [9.17, 15) is 13.2 Å². The minimum absolute atomic E-state index is 0.00860. The zero-order chi connectivity index (χ0) is 17.8. The van der Waals surface area contributed by atoms with Crippen molar-refractivity contribution >= 4 is 27.6 Å². The van der Waals surface area contributed by atoms with Gasteiger partial charge in [-0.1, -0.05) is 11.6 Å². The first kappa shape index (κ1) is 19.1. The molecule has 0 spiro atoms. The van der Waals surface area contributed by atoms with E-state index in [0.717, 1.165) is 19.4 Å². The van der Waals surface area contributed by atoms with Gasteiger partial charge in [0, 0.05) is 13.7 Å². The number of benzene rings is 1. The zero-order valence-corrected chi connectivity index (χ0v) is 15.2. The minimum Gasteiger partial charge on any atom is -0.465 e. The molecule has 7 nitrogen and oxygen atoms in total. The van der Waals surface area contributed by atoms with Crippen molar-refractivity contribution in [2.45, 2.75) is 23.3 Å². The van der Waals surface area contributed by atoms with Crippen LogP contribution in [-0.2, 0) is 19.5 Å². The summed E-state index contributed by atoms with van der Waals surface area (Å²) in [5.74, 6) is -0.619. The van der Waals surface area contributed by atoms with Crippen molar-refractivity contribution in [1.29, 1.82) is 0 Å². The van der Waals surface area contributed by atoms with Crippen LogP contribution in [-0.4, -0.2) is 53.8 Å². The van der Waals surface area contributed by atoms with Crippen molar-refractivity contribution in [2.75, 3.05) is 33.9 Å². The van der Waals surface area contributed by atoms with E-state index in [1.165, 1.54) is 25.3 Å². The third kappa shape index (κ3) is 4.25. The van der Waals surface area contributed by atoms with E-state index in [1.807, 2.05) is 0 Å². The number of nitrogens with one attached hydrogen (secondary N) is 2. The van der Waals surface area contributed by atoms with Crippen molar-refractivity contribution in [3.63, 3.8) is 0 Å². The molecule has 0 bridgehead atoms. The molecule has 1 fully saturated rings. The van der Waals surface area contributed by atoms with Crippen LogP contribution in [0.3, 0.4) is 0 Å². The number of methoxy groups -OCH3 is 2. The molecule has 0 radical (unpaired) electrons. The summed E-state index contributed by atoms with van der Waals surface area (Å²) in [4.78, 5) is 11.5. The summed E-state index contributed by atoms with van der Waals surface area (Å²) in [5.41, 5.74) is -0.288. The smallest absolute Gasteiger partial charge is 0.339 e. The summed E-state index contributed by atoms with van der Waals surface area (Å²) in [5, 5.41) is 3.32. The zero-order valence-electron chi connectivity index (χ0n) is 13.6. The van der Waals surface area contributed by atoms with Gasteiger partial charge in [0.1, 0.15) is 0 Å². The highest BCUT2D eigenvalue weighted by Crippen LogP contribution is 2.23. The molecule has 0 aliphatic carbocycles. The van der Waals surface area contributed by atoms with Gasteiger partial charge >= 0.3 is 5.97 Å². The lowest BCUT2D eigenvalue weighted by Gasteiger charge is -2.28. The lowest BCUT2D eigenvalue weighted by molar-refractivity contribution is 0.0601. The van der Waals surface area contributed by atoms with Crippen LogP contribution in [0.25, 0.3) is 0 Å². The van der Waals surface area contributed by atoms with Gasteiger partial charge in [-0.3, -0.25) is 0 Å². The second-order valence-corrected chi connectivity index (χ2v) is 7.88. The Kier molecular flexibility index (Phi) is 6.22. The Morgan fingerprint density at radius 3 is 2.71 bits per heavy atom. The number of hydrogen-bond donors (Lipinski definition) is 2. The average Bonchev–Trinajstić information content (AvgIpc) is 3.02. The van der Waals surface area contributed by atoms with Gasteiger partial charge in [-0.25, -0.2) is 17.9 Å². The van der Waals surface area contributed by atoms with E-state index in [-0.39, 0.29) is 22.0 Å². The van der Waals surface area contributed by atoms with Crippen LogP contribution in [0.4, 0.5) is 0 Å². The fourth-order valence-electron chi connectivity index (χ4n) is 2.73. The second-order valence-electron chi connectivity index (χ2n) is 5.70. The maximum atomic E-state index is 12.5. The Morgan fingerprint density at radius 1 is 1.42 bits per heavy atom. The number of carbonyl (C=O) groups is 1. The molecule has 1 heterocycles. The van der Waals surface area contributed by atoms with Crippen LogP contribution in [0.15, 0.2) is 23.1 Å². The molecule has 2 rings (SSSR count). The maximum Gasteiger partial charge on any atom is 0.339 e. The highest BCUT2D eigenvalue weighted by molar-refractivity contribution is 7.89. The first-order chi connectivity index (χ1) is 11.3. The fourth-order valence-corrected chi connectivity index (χ4v) is 4.20. The third-order valence-corrected chi connectivity index (χ3v) is 5.72. The Morgan fingerprint density at radius 2 is 2.17 bits per heavy atom. The van der Waals surface area contributed by atoms with Gasteiger partial charge in [0.25, 0.3) is 0 Å². The van der Waals surface area contributed by atoms with Gasteiger partial charge in [-0.15, -0.1) is 0 Å². The van der Waals surface area contributed by atoms with Crippen LogP contribution < -0.4 is 10.0 Å². The SMILES string of the molecule is COCC1(CNS(=O)(=O)c2ccc(C(=O)OC)c(Cl)c2)CCCN1. The van der Waals surface area contributed by atoms with Gasteiger partial charge in [0.15, 0.2) is 0 Å². The van der Waals surface area contributed by atoms with Gasteiger partial charge < -0.3 is 14.8 Å². The van der Waals surface area contributed by atoms with E-state index in [0.29, 0.717) is 6.61 Å². The largest absolute Gasteiger partial charge is 0.465 e. The number of carbonyl (C=O) groups excluding carboxylic acids is 1.